The van der Waals surface area contributed by atoms with Gasteiger partial charge >= 0.3 is 6.18 Å². The molecule has 1 aromatic rings. The lowest BCUT2D eigenvalue weighted by Crippen LogP contribution is -2.49. The highest BCUT2D eigenvalue weighted by molar-refractivity contribution is 5.87. The zero-order valence-corrected chi connectivity index (χ0v) is 16.9. The van der Waals surface area contributed by atoms with Gasteiger partial charge in [0.05, 0.1) is 25.4 Å². The molecule has 1 saturated carbocycles. The smallest absolute Gasteiger partial charge is 0.375 e. The average molecular weight is 409 g/mol. The lowest BCUT2D eigenvalue weighted by Gasteiger charge is -2.25. The monoisotopic (exact) mass is 409 g/mol. The first-order valence-electron chi connectivity index (χ1n) is 9.61. The van der Waals surface area contributed by atoms with Crippen molar-refractivity contribution in [3.8, 4) is 11.8 Å². The third kappa shape index (κ3) is 4.51. The van der Waals surface area contributed by atoms with E-state index in [0.29, 0.717) is 19.9 Å². The van der Waals surface area contributed by atoms with Crippen molar-refractivity contribution in [1.29, 1.82) is 0 Å². The molecule has 2 aliphatic rings. The third-order valence-electron chi connectivity index (χ3n) is 5.26. The first kappa shape index (κ1) is 21.5. The number of hydrogen-bond acceptors (Lipinski definition) is 4. The molecule has 1 amide bonds. The maximum absolute atomic E-state index is 13.2. The van der Waals surface area contributed by atoms with E-state index >= 15 is 0 Å². The van der Waals surface area contributed by atoms with E-state index in [0.717, 1.165) is 23.4 Å². The lowest BCUT2D eigenvalue weighted by atomic mass is 9.99. The zero-order chi connectivity index (χ0) is 21.3. The summed E-state index contributed by atoms with van der Waals surface area (Å²) in [4.78, 5) is 14.4. The van der Waals surface area contributed by atoms with Crippen molar-refractivity contribution in [3.05, 3.63) is 29.3 Å². The van der Waals surface area contributed by atoms with Crippen LogP contribution >= 0.6 is 0 Å². The largest absolute Gasteiger partial charge is 0.403 e. The van der Waals surface area contributed by atoms with Crippen molar-refractivity contribution in [2.45, 2.75) is 45.0 Å². The second-order valence-electron chi connectivity index (χ2n) is 8.04. The van der Waals surface area contributed by atoms with Crippen molar-refractivity contribution in [1.82, 2.24) is 10.6 Å². The van der Waals surface area contributed by atoms with E-state index in [-0.39, 0.29) is 12.8 Å². The molecule has 0 unspecified atom stereocenters. The molecule has 0 saturated heterocycles. The number of nitrogens with zero attached hydrogens (tertiary/aromatic N) is 1. The maximum Gasteiger partial charge on any atom is 0.403 e. The number of rotatable bonds is 4. The van der Waals surface area contributed by atoms with Gasteiger partial charge in [-0.15, -0.1) is 0 Å². The fourth-order valence-corrected chi connectivity index (χ4v) is 3.39. The summed E-state index contributed by atoms with van der Waals surface area (Å²) in [5, 5.41) is 5.60. The van der Waals surface area contributed by atoms with Crippen LogP contribution in [0.15, 0.2) is 18.2 Å². The van der Waals surface area contributed by atoms with Gasteiger partial charge < -0.3 is 20.3 Å². The first-order valence-corrected chi connectivity index (χ1v) is 9.61. The van der Waals surface area contributed by atoms with Gasteiger partial charge in [-0.05, 0) is 45.9 Å². The number of alkyl halides is 3. The van der Waals surface area contributed by atoms with E-state index in [1.54, 1.807) is 13.8 Å². The topological polar surface area (TPSA) is 53.6 Å². The van der Waals surface area contributed by atoms with Gasteiger partial charge in [-0.2, -0.15) is 13.2 Å². The molecular weight excluding hydrogens is 383 g/mol. The van der Waals surface area contributed by atoms with Crippen molar-refractivity contribution >= 4 is 11.6 Å². The summed E-state index contributed by atoms with van der Waals surface area (Å²) in [6.45, 7) is 5.61. The Kier molecular flexibility index (Phi) is 5.84. The molecule has 1 heterocycles. The minimum Gasteiger partial charge on any atom is -0.375 e. The average Bonchev–Trinajstić information content (AvgIpc) is 3.45. The molecule has 0 spiro atoms. The molecule has 2 N–H and O–H groups in total. The van der Waals surface area contributed by atoms with Gasteiger partial charge in [-0.3, -0.25) is 4.79 Å². The highest BCUT2D eigenvalue weighted by Gasteiger charge is 2.68. The Labute approximate surface area is 169 Å². The number of carbonyl (C=O) groups is 1. The highest BCUT2D eigenvalue weighted by Crippen LogP contribution is 2.57. The van der Waals surface area contributed by atoms with Crippen LogP contribution in [0.25, 0.3) is 0 Å². The molecule has 0 aromatic heterocycles. The number of benzene rings is 1. The summed E-state index contributed by atoms with van der Waals surface area (Å²) in [6, 6.07) is 5.75. The summed E-state index contributed by atoms with van der Waals surface area (Å²) < 4.78 is 45.2. The Morgan fingerprint density at radius 3 is 2.66 bits per heavy atom. The van der Waals surface area contributed by atoms with E-state index in [2.05, 4.69) is 27.4 Å². The standard InChI is InChI=1S/C21H26F3N3O2/c1-19(2,26-18(28)20(9-10-20)21(22,23)24)8-7-15-5-4-6-17-16(15)13-29-12-11-27(17)14-25-3/h4-6,25H,9-14H2,1-3H3,(H,26,28). The Morgan fingerprint density at radius 1 is 1.31 bits per heavy atom. The molecule has 0 bridgehead atoms. The molecule has 1 aromatic carbocycles. The number of fused-ring (bicyclic) bond motifs is 1. The molecule has 1 aliphatic carbocycles. The van der Waals surface area contributed by atoms with Crippen molar-refractivity contribution in [2.75, 3.05) is 31.8 Å². The van der Waals surface area contributed by atoms with Gasteiger partial charge in [0.2, 0.25) is 5.91 Å². The van der Waals surface area contributed by atoms with Crippen LogP contribution in [0.1, 0.15) is 37.8 Å². The van der Waals surface area contributed by atoms with E-state index in [1.807, 2.05) is 25.2 Å². The van der Waals surface area contributed by atoms with E-state index in [1.165, 1.54) is 0 Å². The van der Waals surface area contributed by atoms with Crippen LogP contribution in [0.2, 0.25) is 0 Å². The van der Waals surface area contributed by atoms with Gasteiger partial charge in [0.1, 0.15) is 5.41 Å². The number of nitrogens with one attached hydrogen (secondary N) is 2. The van der Waals surface area contributed by atoms with Crippen LogP contribution in [0.4, 0.5) is 18.9 Å². The summed E-state index contributed by atoms with van der Waals surface area (Å²) >= 11 is 0. The molecule has 3 rings (SSSR count). The highest BCUT2D eigenvalue weighted by atomic mass is 19.4. The quantitative estimate of drug-likeness (QED) is 0.751. The molecule has 29 heavy (non-hydrogen) atoms. The molecule has 5 nitrogen and oxygen atoms in total. The summed E-state index contributed by atoms with van der Waals surface area (Å²) in [6.07, 6.45) is -4.88. The third-order valence-corrected chi connectivity index (χ3v) is 5.26. The summed E-state index contributed by atoms with van der Waals surface area (Å²) in [5.74, 6) is 4.98. The molecule has 1 aliphatic heterocycles. The number of halogens is 3. The van der Waals surface area contributed by atoms with Crippen LogP contribution in [0.3, 0.4) is 0 Å². The predicted molar refractivity (Wildman–Crippen MR) is 104 cm³/mol. The van der Waals surface area contributed by atoms with E-state index < -0.39 is 23.0 Å². The molecule has 1 fully saturated rings. The molecule has 0 atom stereocenters. The van der Waals surface area contributed by atoms with Crippen molar-refractivity contribution in [2.24, 2.45) is 5.41 Å². The Balaban J connectivity index is 1.82. The van der Waals surface area contributed by atoms with Gasteiger partial charge in [-0.25, -0.2) is 0 Å². The first-order chi connectivity index (χ1) is 13.6. The van der Waals surface area contributed by atoms with Crippen LogP contribution in [0, 0.1) is 17.3 Å². The number of ether oxygens (including phenoxy) is 1. The minimum atomic E-state index is -4.54. The molecular formula is C21H26F3N3O2. The van der Waals surface area contributed by atoms with Crippen molar-refractivity contribution < 1.29 is 22.7 Å². The second kappa shape index (κ2) is 7.88. The van der Waals surface area contributed by atoms with Crippen LogP contribution < -0.4 is 15.5 Å². The van der Waals surface area contributed by atoms with Crippen molar-refractivity contribution in [3.63, 3.8) is 0 Å². The van der Waals surface area contributed by atoms with E-state index in [9.17, 15) is 18.0 Å². The summed E-state index contributed by atoms with van der Waals surface area (Å²) in [5.41, 5.74) is -0.665. The molecule has 158 valence electrons. The van der Waals surface area contributed by atoms with E-state index in [4.69, 9.17) is 4.74 Å². The fourth-order valence-electron chi connectivity index (χ4n) is 3.39. The normalized spacial score (nSPS) is 18.2. The van der Waals surface area contributed by atoms with Crippen LogP contribution in [-0.2, 0) is 16.1 Å². The van der Waals surface area contributed by atoms with Gasteiger partial charge in [0.25, 0.3) is 0 Å². The van der Waals surface area contributed by atoms with Crippen LogP contribution in [-0.4, -0.2) is 44.5 Å². The maximum atomic E-state index is 13.2. The number of hydrogen-bond donors (Lipinski definition) is 2. The lowest BCUT2D eigenvalue weighted by molar-refractivity contribution is -0.192. The minimum absolute atomic E-state index is 0.170. The van der Waals surface area contributed by atoms with Gasteiger partial charge in [0, 0.05) is 23.4 Å². The summed E-state index contributed by atoms with van der Waals surface area (Å²) in [7, 11) is 1.87. The Bertz CT molecular complexity index is 836. The SMILES string of the molecule is CNCN1CCOCc2c(C#CC(C)(C)NC(=O)C3(C(F)(F)F)CC3)cccc21. The Morgan fingerprint density at radius 2 is 2.03 bits per heavy atom. The van der Waals surface area contributed by atoms with Gasteiger partial charge in [-0.1, -0.05) is 17.9 Å². The molecule has 0 radical (unpaired) electrons. The van der Waals surface area contributed by atoms with Gasteiger partial charge in [0.15, 0.2) is 0 Å². The number of anilines is 1. The zero-order valence-electron chi connectivity index (χ0n) is 16.9. The predicted octanol–water partition coefficient (Wildman–Crippen LogP) is 2.79. The fraction of sp³-hybridized carbons (Fsp3) is 0.571. The van der Waals surface area contributed by atoms with Crippen LogP contribution in [0.5, 0.6) is 0 Å². The second-order valence-corrected chi connectivity index (χ2v) is 8.04. The number of amides is 1. The molecule has 8 heteroatoms. The Hall–Kier alpha value is -2.24. The number of carbonyl (C=O) groups excluding carboxylic acids is 1.